The first-order valence-corrected chi connectivity index (χ1v) is 2.95. The maximum atomic E-state index is 3.90. The van der Waals surface area contributed by atoms with Crippen molar-refractivity contribution in [1.29, 1.82) is 0 Å². The van der Waals surface area contributed by atoms with Crippen LogP contribution < -0.4 is 4.90 Å². The van der Waals surface area contributed by atoms with Gasteiger partial charge in [-0.3, -0.25) is 0 Å². The summed E-state index contributed by atoms with van der Waals surface area (Å²) in [5.41, 5.74) is 0. The summed E-state index contributed by atoms with van der Waals surface area (Å²) in [5, 5.41) is 0. The Bertz CT molecular complexity index is 53.2. The summed E-state index contributed by atoms with van der Waals surface area (Å²) in [6.07, 6.45) is 1.37. The van der Waals surface area contributed by atoms with Gasteiger partial charge >= 0.3 is 0 Å². The average molecular weight is 99.2 g/mol. The lowest BCUT2D eigenvalue weighted by molar-refractivity contribution is -0.841. The fraction of sp³-hybridized carbons (Fsp3) is 0.833. The second-order valence-electron chi connectivity index (χ2n) is 2.60. The first-order valence-electron chi connectivity index (χ1n) is 2.95. The quantitative estimate of drug-likeness (QED) is 0.398. The van der Waals surface area contributed by atoms with Crippen molar-refractivity contribution < 1.29 is 4.90 Å². The molecular formula is C6H13N. The molecule has 0 aliphatic carbocycles. The smallest absolute Gasteiger partial charge is 0.0558 e. The number of hydrogen-bond donors (Lipinski definition) is 1. The number of likely N-dealkylation sites (tertiary alicyclic amines) is 1. The predicted molar refractivity (Wildman–Crippen MR) is 29.8 cm³/mol. The van der Waals surface area contributed by atoms with Crippen LogP contribution in [-0.4, -0.2) is 13.1 Å². The van der Waals surface area contributed by atoms with Crippen molar-refractivity contribution in [2.45, 2.75) is 13.3 Å². The van der Waals surface area contributed by atoms with Crippen LogP contribution in [0.2, 0.25) is 0 Å². The van der Waals surface area contributed by atoms with Gasteiger partial charge in [0.2, 0.25) is 0 Å². The van der Waals surface area contributed by atoms with Crippen LogP contribution in [0.4, 0.5) is 0 Å². The van der Waals surface area contributed by atoms with Gasteiger partial charge in [-0.2, -0.15) is 7.05 Å². The van der Waals surface area contributed by atoms with Crippen molar-refractivity contribution in [2.24, 2.45) is 5.92 Å². The molecule has 1 nitrogen and oxygen atoms in total. The Hall–Kier alpha value is -0.0400. The van der Waals surface area contributed by atoms with Gasteiger partial charge in [0.1, 0.15) is 0 Å². The van der Waals surface area contributed by atoms with Crippen molar-refractivity contribution in [3.05, 3.63) is 7.05 Å². The van der Waals surface area contributed by atoms with Crippen molar-refractivity contribution in [3.63, 3.8) is 0 Å². The van der Waals surface area contributed by atoms with E-state index in [4.69, 9.17) is 0 Å². The molecule has 0 aromatic carbocycles. The summed E-state index contributed by atoms with van der Waals surface area (Å²) in [6.45, 7) is 4.85. The predicted octanol–water partition coefficient (Wildman–Crippen LogP) is -0.297. The minimum Gasteiger partial charge on any atom is -0.468 e. The highest BCUT2D eigenvalue weighted by Gasteiger charge is 2.13. The monoisotopic (exact) mass is 99.1 g/mol. The van der Waals surface area contributed by atoms with E-state index < -0.39 is 0 Å². The number of quaternary nitrogens is 1. The summed E-state index contributed by atoms with van der Waals surface area (Å²) in [5.74, 6) is 0.924. The Labute approximate surface area is 45.3 Å². The van der Waals surface area contributed by atoms with E-state index in [0.717, 1.165) is 5.92 Å². The van der Waals surface area contributed by atoms with Crippen molar-refractivity contribution in [3.8, 4) is 0 Å². The number of nitrogens with one attached hydrogen (secondary N) is 1. The van der Waals surface area contributed by atoms with Gasteiger partial charge in [0.15, 0.2) is 0 Å². The van der Waals surface area contributed by atoms with E-state index in [1.165, 1.54) is 24.4 Å². The third-order valence-corrected chi connectivity index (χ3v) is 1.63. The number of rotatable bonds is 0. The first-order chi connectivity index (χ1) is 3.29. The molecule has 1 aliphatic rings. The zero-order valence-corrected chi connectivity index (χ0v) is 4.91. The van der Waals surface area contributed by atoms with Crippen LogP contribution in [0, 0.1) is 13.0 Å². The molecule has 42 valence electrons. The average Bonchev–Trinajstić information content (AvgIpc) is 1.87. The van der Waals surface area contributed by atoms with E-state index >= 15 is 0 Å². The molecule has 1 heterocycles. The fourth-order valence-electron chi connectivity index (χ4n) is 1.15. The minimum absolute atomic E-state index is 0.924. The first kappa shape index (κ1) is 5.10. The van der Waals surface area contributed by atoms with Gasteiger partial charge in [-0.1, -0.05) is 6.92 Å². The summed E-state index contributed by atoms with van der Waals surface area (Å²) in [7, 11) is 3.90. The molecule has 1 aliphatic heterocycles. The summed E-state index contributed by atoms with van der Waals surface area (Å²) >= 11 is 0. The molecule has 1 fully saturated rings. The highest BCUT2D eigenvalue weighted by molar-refractivity contribution is 4.54. The van der Waals surface area contributed by atoms with Crippen LogP contribution in [0.15, 0.2) is 0 Å². The topological polar surface area (TPSA) is 4.44 Å². The normalized spacial score (nSPS) is 42.0. The maximum absolute atomic E-state index is 3.90. The van der Waals surface area contributed by atoms with E-state index in [9.17, 15) is 0 Å². The third kappa shape index (κ3) is 1.16. The Kier molecular flexibility index (Phi) is 1.33. The standard InChI is InChI=1S/C6H13N/c1-6-3-4-7(2)5-6/h6-7H,2-5H2,1H3/t6-/m1/s1. The highest BCUT2D eigenvalue weighted by Crippen LogP contribution is 1.99. The van der Waals surface area contributed by atoms with Crippen LogP contribution in [0.1, 0.15) is 13.3 Å². The molecule has 2 atom stereocenters. The molecule has 1 heteroatoms. The molecule has 0 spiro atoms. The van der Waals surface area contributed by atoms with Gasteiger partial charge in [0.05, 0.1) is 13.1 Å². The van der Waals surface area contributed by atoms with Crippen LogP contribution in [-0.2, 0) is 0 Å². The Morgan fingerprint density at radius 1 is 1.71 bits per heavy atom. The SMILES string of the molecule is [CH2-][NH+]1CC[C@@H](C)C1. The summed E-state index contributed by atoms with van der Waals surface area (Å²) in [6, 6.07) is 0. The second-order valence-corrected chi connectivity index (χ2v) is 2.60. The van der Waals surface area contributed by atoms with Crippen LogP contribution in [0.5, 0.6) is 0 Å². The van der Waals surface area contributed by atoms with E-state index in [-0.39, 0.29) is 0 Å². The van der Waals surface area contributed by atoms with Crippen molar-refractivity contribution in [2.75, 3.05) is 13.1 Å². The van der Waals surface area contributed by atoms with E-state index in [0.29, 0.717) is 0 Å². The lowest BCUT2D eigenvalue weighted by Gasteiger charge is -2.10. The van der Waals surface area contributed by atoms with Crippen LogP contribution in [0.25, 0.3) is 0 Å². The second kappa shape index (κ2) is 1.83. The van der Waals surface area contributed by atoms with Crippen LogP contribution in [0.3, 0.4) is 0 Å². The number of hydrogen-bond acceptors (Lipinski definition) is 0. The van der Waals surface area contributed by atoms with Gasteiger partial charge in [-0.25, -0.2) is 0 Å². The molecule has 0 bridgehead atoms. The zero-order valence-electron chi connectivity index (χ0n) is 4.91. The maximum Gasteiger partial charge on any atom is 0.0558 e. The Balaban J connectivity index is 2.26. The van der Waals surface area contributed by atoms with Gasteiger partial charge < -0.3 is 4.90 Å². The van der Waals surface area contributed by atoms with E-state index in [1.807, 2.05) is 0 Å². The lowest BCUT2D eigenvalue weighted by Crippen LogP contribution is -3.04. The molecular weight excluding hydrogens is 86.1 g/mol. The molecule has 1 unspecified atom stereocenters. The van der Waals surface area contributed by atoms with Gasteiger partial charge in [-0.15, -0.1) is 0 Å². The fourth-order valence-corrected chi connectivity index (χ4v) is 1.15. The molecule has 1 N–H and O–H groups in total. The molecule has 0 aromatic heterocycles. The van der Waals surface area contributed by atoms with Gasteiger partial charge in [0, 0.05) is 12.3 Å². The van der Waals surface area contributed by atoms with Crippen LogP contribution >= 0.6 is 0 Å². The largest absolute Gasteiger partial charge is 0.468 e. The highest BCUT2D eigenvalue weighted by atomic mass is 15.1. The van der Waals surface area contributed by atoms with Gasteiger partial charge in [0.25, 0.3) is 0 Å². The zero-order chi connectivity index (χ0) is 5.28. The van der Waals surface area contributed by atoms with Crippen molar-refractivity contribution in [1.82, 2.24) is 0 Å². The Morgan fingerprint density at radius 2 is 2.43 bits per heavy atom. The molecule has 0 amide bonds. The molecule has 1 saturated heterocycles. The summed E-state index contributed by atoms with van der Waals surface area (Å²) < 4.78 is 0. The molecule has 1 rings (SSSR count). The Morgan fingerprint density at radius 3 is 2.57 bits per heavy atom. The summed E-state index contributed by atoms with van der Waals surface area (Å²) in [4.78, 5) is 1.45. The van der Waals surface area contributed by atoms with Gasteiger partial charge in [-0.05, 0) is 0 Å². The lowest BCUT2D eigenvalue weighted by atomic mass is 10.2. The molecule has 0 aromatic rings. The molecule has 0 radical (unpaired) electrons. The minimum atomic E-state index is 0.924. The third-order valence-electron chi connectivity index (χ3n) is 1.63. The van der Waals surface area contributed by atoms with Crippen molar-refractivity contribution >= 4 is 0 Å². The molecule has 7 heavy (non-hydrogen) atoms. The van der Waals surface area contributed by atoms with E-state index in [2.05, 4.69) is 14.0 Å². The van der Waals surface area contributed by atoms with E-state index in [1.54, 1.807) is 0 Å². The molecule has 0 saturated carbocycles.